The van der Waals surface area contributed by atoms with Gasteiger partial charge in [0, 0.05) is 0 Å². The van der Waals surface area contributed by atoms with Crippen molar-refractivity contribution in [2.24, 2.45) is 17.8 Å². The Morgan fingerprint density at radius 1 is 1.12 bits per heavy atom. The van der Waals surface area contributed by atoms with E-state index in [1.165, 1.54) is 32.1 Å². The lowest BCUT2D eigenvalue weighted by atomic mass is 9.57. The van der Waals surface area contributed by atoms with Crippen molar-refractivity contribution < 1.29 is 9.47 Å². The maximum absolute atomic E-state index is 6.00. The minimum absolute atomic E-state index is 0.0969. The van der Waals surface area contributed by atoms with Crippen LogP contribution in [-0.2, 0) is 9.47 Å². The molecule has 5 atom stereocenters. The lowest BCUT2D eigenvalue weighted by Crippen LogP contribution is -2.54. The SMILES string of the molecule is C=CCC1CC2CCCCC2C2(CO2)C12CO2. The van der Waals surface area contributed by atoms with Crippen LogP contribution in [0, 0.1) is 17.8 Å². The van der Waals surface area contributed by atoms with Gasteiger partial charge < -0.3 is 9.47 Å². The minimum Gasteiger partial charge on any atom is -0.366 e. The van der Waals surface area contributed by atoms with Crippen molar-refractivity contribution in [3.8, 4) is 0 Å². The molecule has 4 fully saturated rings. The fourth-order valence-electron chi connectivity index (χ4n) is 4.90. The minimum atomic E-state index is 0.0969. The highest BCUT2D eigenvalue weighted by Gasteiger charge is 2.77. The maximum Gasteiger partial charge on any atom is 0.126 e. The van der Waals surface area contributed by atoms with Gasteiger partial charge in [-0.15, -0.1) is 6.58 Å². The second-order valence-electron chi connectivity index (χ2n) is 6.46. The molecule has 0 aromatic heterocycles. The summed E-state index contributed by atoms with van der Waals surface area (Å²) >= 11 is 0. The zero-order valence-corrected chi connectivity index (χ0v) is 10.5. The van der Waals surface area contributed by atoms with Crippen LogP contribution in [0.4, 0.5) is 0 Å². The quantitative estimate of drug-likeness (QED) is 0.542. The van der Waals surface area contributed by atoms with E-state index in [4.69, 9.17) is 9.47 Å². The highest BCUT2D eigenvalue weighted by molar-refractivity contribution is 5.25. The van der Waals surface area contributed by atoms with E-state index in [9.17, 15) is 0 Å². The smallest absolute Gasteiger partial charge is 0.126 e. The van der Waals surface area contributed by atoms with E-state index >= 15 is 0 Å². The summed E-state index contributed by atoms with van der Waals surface area (Å²) in [7, 11) is 0. The standard InChI is InChI=1S/C15H22O2/c1-2-5-12-8-11-6-3-4-7-13(11)15(10-17-15)14(12)9-16-14/h2,11-13H,1,3-10H2. The second kappa shape index (κ2) is 3.36. The molecule has 0 aromatic carbocycles. The van der Waals surface area contributed by atoms with Gasteiger partial charge in [0.25, 0.3) is 0 Å². The summed E-state index contributed by atoms with van der Waals surface area (Å²) in [6.45, 7) is 5.82. The summed E-state index contributed by atoms with van der Waals surface area (Å²) in [4.78, 5) is 0. The van der Waals surface area contributed by atoms with E-state index in [1.807, 2.05) is 0 Å². The average Bonchev–Trinajstić information content (AvgIpc) is 3.22. The third-order valence-electron chi connectivity index (χ3n) is 5.83. The number of allylic oxidation sites excluding steroid dienone is 1. The molecule has 2 aliphatic heterocycles. The highest BCUT2D eigenvalue weighted by Crippen LogP contribution is 2.66. The van der Waals surface area contributed by atoms with Gasteiger partial charge in [0.05, 0.1) is 13.2 Å². The van der Waals surface area contributed by atoms with Crippen molar-refractivity contribution in [3.05, 3.63) is 12.7 Å². The Labute approximate surface area is 103 Å². The molecular formula is C15H22O2. The van der Waals surface area contributed by atoms with Crippen molar-refractivity contribution in [1.29, 1.82) is 0 Å². The van der Waals surface area contributed by atoms with E-state index in [-0.39, 0.29) is 11.2 Å². The predicted octanol–water partition coefficient (Wildman–Crippen LogP) is 2.93. The number of ether oxygens (including phenoxy) is 2. The molecule has 0 aromatic rings. The van der Waals surface area contributed by atoms with Crippen molar-refractivity contribution in [2.45, 2.75) is 49.7 Å². The zero-order chi connectivity index (χ0) is 11.5. The molecule has 0 bridgehead atoms. The molecule has 0 N–H and O–H groups in total. The molecule has 2 saturated heterocycles. The van der Waals surface area contributed by atoms with Crippen LogP contribution in [0.3, 0.4) is 0 Å². The number of epoxide rings is 2. The monoisotopic (exact) mass is 234 g/mol. The lowest BCUT2D eigenvalue weighted by Gasteiger charge is -2.47. The summed E-state index contributed by atoms with van der Waals surface area (Å²) in [6.07, 6.45) is 10.1. The molecule has 2 spiro atoms. The van der Waals surface area contributed by atoms with E-state index in [2.05, 4.69) is 12.7 Å². The molecule has 2 heteroatoms. The molecule has 5 unspecified atom stereocenters. The van der Waals surface area contributed by atoms with Gasteiger partial charge in [0.15, 0.2) is 0 Å². The molecular weight excluding hydrogens is 212 g/mol. The van der Waals surface area contributed by atoms with Gasteiger partial charge >= 0.3 is 0 Å². The van der Waals surface area contributed by atoms with Gasteiger partial charge in [-0.2, -0.15) is 0 Å². The topological polar surface area (TPSA) is 25.1 Å². The number of rotatable bonds is 2. The van der Waals surface area contributed by atoms with Crippen molar-refractivity contribution in [3.63, 3.8) is 0 Å². The highest BCUT2D eigenvalue weighted by atomic mass is 16.7. The summed E-state index contributed by atoms with van der Waals surface area (Å²) in [5, 5.41) is 0. The van der Waals surface area contributed by atoms with Crippen LogP contribution in [-0.4, -0.2) is 24.4 Å². The Bertz CT molecular complexity index is 341. The first-order chi connectivity index (χ1) is 8.32. The summed E-state index contributed by atoms with van der Waals surface area (Å²) in [5.74, 6) is 2.35. The molecule has 0 amide bonds. The van der Waals surface area contributed by atoms with E-state index < -0.39 is 0 Å². The molecule has 2 saturated carbocycles. The van der Waals surface area contributed by atoms with Crippen molar-refractivity contribution >= 4 is 0 Å². The van der Waals surface area contributed by atoms with E-state index in [0.29, 0.717) is 5.92 Å². The molecule has 2 nitrogen and oxygen atoms in total. The first-order valence-corrected chi connectivity index (χ1v) is 7.21. The third-order valence-corrected chi connectivity index (χ3v) is 5.83. The third kappa shape index (κ3) is 1.23. The molecule has 2 heterocycles. The normalized spacial score (nSPS) is 55.6. The lowest BCUT2D eigenvalue weighted by molar-refractivity contribution is -0.0358. The van der Waals surface area contributed by atoms with Gasteiger partial charge in [0.2, 0.25) is 0 Å². The molecule has 2 aliphatic carbocycles. The molecule has 17 heavy (non-hydrogen) atoms. The van der Waals surface area contributed by atoms with Gasteiger partial charge in [-0.05, 0) is 37.0 Å². The average molecular weight is 234 g/mol. The van der Waals surface area contributed by atoms with Gasteiger partial charge in [-0.25, -0.2) is 0 Å². The number of hydrogen-bond donors (Lipinski definition) is 0. The molecule has 0 radical (unpaired) electrons. The van der Waals surface area contributed by atoms with Crippen LogP contribution < -0.4 is 0 Å². The first-order valence-electron chi connectivity index (χ1n) is 7.21. The van der Waals surface area contributed by atoms with Crippen LogP contribution in [0.25, 0.3) is 0 Å². The van der Waals surface area contributed by atoms with E-state index in [0.717, 1.165) is 31.5 Å². The maximum atomic E-state index is 6.00. The summed E-state index contributed by atoms with van der Waals surface area (Å²) in [6, 6.07) is 0. The molecule has 4 rings (SSSR count). The Morgan fingerprint density at radius 2 is 1.82 bits per heavy atom. The van der Waals surface area contributed by atoms with Gasteiger partial charge in [-0.1, -0.05) is 25.3 Å². The van der Waals surface area contributed by atoms with Gasteiger partial charge in [0.1, 0.15) is 11.2 Å². The van der Waals surface area contributed by atoms with E-state index in [1.54, 1.807) is 0 Å². The fraction of sp³-hybridized carbons (Fsp3) is 0.867. The summed E-state index contributed by atoms with van der Waals surface area (Å²) < 4.78 is 12.0. The van der Waals surface area contributed by atoms with Crippen molar-refractivity contribution in [1.82, 2.24) is 0 Å². The van der Waals surface area contributed by atoms with Crippen LogP contribution >= 0.6 is 0 Å². The molecule has 94 valence electrons. The Balaban J connectivity index is 1.67. The first kappa shape index (κ1) is 10.6. The van der Waals surface area contributed by atoms with Crippen LogP contribution in [0.5, 0.6) is 0 Å². The Kier molecular flexibility index (Phi) is 2.09. The molecule has 4 aliphatic rings. The number of fused-ring (bicyclic) bond motifs is 3. The Morgan fingerprint density at radius 3 is 2.47 bits per heavy atom. The van der Waals surface area contributed by atoms with Crippen LogP contribution in [0.1, 0.15) is 38.5 Å². The summed E-state index contributed by atoms with van der Waals surface area (Å²) in [5.41, 5.74) is 0.226. The largest absolute Gasteiger partial charge is 0.366 e. The number of hydrogen-bond acceptors (Lipinski definition) is 2. The predicted molar refractivity (Wildman–Crippen MR) is 65.7 cm³/mol. The van der Waals surface area contributed by atoms with Crippen LogP contribution in [0.15, 0.2) is 12.7 Å². The van der Waals surface area contributed by atoms with Crippen LogP contribution in [0.2, 0.25) is 0 Å². The zero-order valence-electron chi connectivity index (χ0n) is 10.5. The van der Waals surface area contributed by atoms with Gasteiger partial charge in [-0.3, -0.25) is 0 Å². The second-order valence-corrected chi connectivity index (χ2v) is 6.46. The fourth-order valence-corrected chi connectivity index (χ4v) is 4.90. The Hall–Kier alpha value is -0.340. The van der Waals surface area contributed by atoms with Crippen molar-refractivity contribution in [2.75, 3.05) is 13.2 Å².